The molecule has 15 unspecified atom stereocenters. The fourth-order valence-electron chi connectivity index (χ4n) is 15.8. The SMILES string of the molecule is COCC1O[C@@H](O[C@H]2C(C)C(C)[C@@H](O[C@H]3C(C)C(OC)[C@H](O[C@@H]4C(COC(C)=O)OC(OC(=N)C(Cl)(Cl)Cl)C(N=[N+]=[N-])[C@H]4C)O[C@H]3COC)O[C@H]2COC)C(OC)[C@@H](C)[C@@H]1O[C@@H]1OC(COC(=O)c2ccccc2)[C@@H](O[C@@H]2O[C@@H](COC(C)=O)[C@@H](O[C@H]3O[C@@H](COC(C)=O)[C@@H](C)C(C)C3C)C(C)C2OC(C)=O)[C@H](C)C1C. The van der Waals surface area contributed by atoms with E-state index in [2.05, 4.69) is 16.9 Å². The number of hydrogen-bond donors (Lipinski definition) is 1. The molecule has 0 amide bonds. The van der Waals surface area contributed by atoms with Crippen molar-refractivity contribution in [3.05, 3.63) is 46.3 Å². The van der Waals surface area contributed by atoms with Crippen LogP contribution in [0, 0.1) is 70.5 Å². The summed E-state index contributed by atoms with van der Waals surface area (Å²) in [6.07, 6.45) is -21.7. The van der Waals surface area contributed by atoms with Gasteiger partial charge in [0.15, 0.2) is 43.8 Å². The highest BCUT2D eigenvalue weighted by atomic mass is 35.6. The van der Waals surface area contributed by atoms with Gasteiger partial charge < -0.3 is 114 Å². The zero-order valence-corrected chi connectivity index (χ0v) is 69.1. The molecule has 7 heterocycles. The quantitative estimate of drug-likeness (QED) is 0.0103. The zero-order valence-electron chi connectivity index (χ0n) is 66.9. The minimum absolute atomic E-state index is 0.00161. The molecular formula is C75H115Cl3N4O29. The molecule has 111 heavy (non-hydrogen) atoms. The lowest BCUT2D eigenvalue weighted by atomic mass is 9.79. The molecule has 1 aromatic rings. The van der Waals surface area contributed by atoms with Gasteiger partial charge in [-0.3, -0.25) is 24.6 Å². The maximum absolute atomic E-state index is 13.8. The molecular weight excluding hydrogens is 1530 g/mol. The third-order valence-corrected chi connectivity index (χ3v) is 23.4. The largest absolute Gasteiger partial charge is 0.463 e. The summed E-state index contributed by atoms with van der Waals surface area (Å²) >= 11 is 17.9. The lowest BCUT2D eigenvalue weighted by molar-refractivity contribution is -0.382. The number of ether oxygens (including phenoxy) is 24. The first-order valence-electron chi connectivity index (χ1n) is 37.8. The molecule has 7 fully saturated rings. The van der Waals surface area contributed by atoms with E-state index in [-0.39, 0.29) is 75.8 Å². The molecule has 0 spiro atoms. The molecule has 1 N–H and O–H groups in total. The Balaban J connectivity index is 0.996. The van der Waals surface area contributed by atoms with Crippen LogP contribution in [0.5, 0.6) is 0 Å². The van der Waals surface area contributed by atoms with Crippen LogP contribution in [0.4, 0.5) is 0 Å². The molecule has 1 aromatic carbocycles. The molecule has 35 atom stereocenters. The van der Waals surface area contributed by atoms with E-state index in [4.69, 9.17) is 154 Å². The number of carbonyl (C=O) groups excluding carboxylic acids is 5. The number of hydrogen-bond acceptors (Lipinski definition) is 31. The van der Waals surface area contributed by atoms with E-state index >= 15 is 0 Å². The van der Waals surface area contributed by atoms with Crippen LogP contribution in [0.2, 0.25) is 0 Å². The normalized spacial score (nSPS) is 40.7. The van der Waals surface area contributed by atoms with E-state index < -0.39 is 223 Å². The molecule has 36 heteroatoms. The molecule has 7 aliphatic rings. The van der Waals surface area contributed by atoms with E-state index in [1.54, 1.807) is 58.6 Å². The first kappa shape index (κ1) is 92.0. The van der Waals surface area contributed by atoms with Crippen LogP contribution >= 0.6 is 34.8 Å². The van der Waals surface area contributed by atoms with Gasteiger partial charge in [-0.15, -0.1) is 0 Å². The minimum atomic E-state index is -2.29. The van der Waals surface area contributed by atoms with Gasteiger partial charge in [0.1, 0.15) is 81.3 Å². The predicted octanol–water partition coefficient (Wildman–Crippen LogP) is 8.86. The number of halogens is 3. The first-order valence-corrected chi connectivity index (χ1v) is 38.9. The summed E-state index contributed by atoms with van der Waals surface area (Å²) in [5.74, 6) is -8.04. The van der Waals surface area contributed by atoms with E-state index in [9.17, 15) is 29.5 Å². The molecule has 0 saturated carbocycles. The van der Waals surface area contributed by atoms with Gasteiger partial charge in [-0.2, -0.15) is 0 Å². The van der Waals surface area contributed by atoms with Crippen molar-refractivity contribution in [3.63, 3.8) is 0 Å². The Bertz CT molecular complexity index is 3200. The van der Waals surface area contributed by atoms with Gasteiger partial charge in [0, 0.05) is 104 Å². The number of methoxy groups -OCH3 is 5. The Hall–Kier alpha value is -4.50. The number of nitrogens with one attached hydrogen (secondary N) is 1. The third-order valence-electron chi connectivity index (χ3n) is 22.8. The van der Waals surface area contributed by atoms with E-state index in [1.807, 2.05) is 62.3 Å². The molecule has 0 aromatic heterocycles. The molecule has 630 valence electrons. The third kappa shape index (κ3) is 23.0. The minimum Gasteiger partial charge on any atom is -0.463 e. The molecule has 7 saturated heterocycles. The molecule has 33 nitrogen and oxygen atoms in total. The Morgan fingerprint density at radius 3 is 1.09 bits per heavy atom. The average molecular weight is 1640 g/mol. The fourth-order valence-corrected chi connectivity index (χ4v) is 16.0. The lowest BCUT2D eigenvalue weighted by Gasteiger charge is -2.52. The average Bonchev–Trinajstić information content (AvgIpc) is 0.771. The summed E-state index contributed by atoms with van der Waals surface area (Å²) in [7, 11) is 7.66. The Kier molecular flexibility index (Phi) is 34.9. The van der Waals surface area contributed by atoms with Gasteiger partial charge in [-0.25, -0.2) is 4.79 Å². The van der Waals surface area contributed by atoms with E-state index in [0.29, 0.717) is 5.56 Å². The number of carbonyl (C=O) groups is 5. The van der Waals surface area contributed by atoms with Crippen molar-refractivity contribution in [2.24, 2.45) is 70.2 Å². The molecule has 0 bridgehead atoms. The smallest absolute Gasteiger partial charge is 0.338 e. The molecule has 0 aliphatic carbocycles. The predicted molar refractivity (Wildman–Crippen MR) is 392 cm³/mol. The number of alkyl halides is 3. The van der Waals surface area contributed by atoms with Crippen LogP contribution in [0.25, 0.3) is 10.4 Å². The van der Waals surface area contributed by atoms with Crippen LogP contribution in [-0.2, 0) is 133 Å². The van der Waals surface area contributed by atoms with E-state index in [1.165, 1.54) is 41.9 Å². The Morgan fingerprint density at radius 2 is 0.712 bits per heavy atom. The maximum atomic E-state index is 13.8. The zero-order chi connectivity index (χ0) is 81.6. The van der Waals surface area contributed by atoms with Crippen molar-refractivity contribution < 1.29 is 138 Å². The van der Waals surface area contributed by atoms with Crippen LogP contribution < -0.4 is 0 Å². The van der Waals surface area contributed by atoms with Gasteiger partial charge in [0.2, 0.25) is 12.2 Å². The fraction of sp³-hybridized carbons (Fsp3) is 0.840. The van der Waals surface area contributed by atoms with Crippen LogP contribution in [0.3, 0.4) is 0 Å². The van der Waals surface area contributed by atoms with Crippen molar-refractivity contribution in [1.29, 1.82) is 5.41 Å². The maximum Gasteiger partial charge on any atom is 0.338 e. The second-order valence-corrected chi connectivity index (χ2v) is 32.5. The monoisotopic (exact) mass is 1640 g/mol. The second kappa shape index (κ2) is 42.1. The molecule has 0 radical (unpaired) electrons. The second-order valence-electron chi connectivity index (χ2n) is 30.2. The number of benzene rings is 1. The van der Waals surface area contributed by atoms with Crippen molar-refractivity contribution in [3.8, 4) is 0 Å². The highest BCUT2D eigenvalue weighted by Crippen LogP contribution is 2.46. The van der Waals surface area contributed by atoms with Crippen molar-refractivity contribution in [2.45, 2.75) is 255 Å². The summed E-state index contributed by atoms with van der Waals surface area (Å²) < 4.78 is 151. The van der Waals surface area contributed by atoms with Crippen LogP contribution in [-0.4, -0.2) is 269 Å². The topological polar surface area (TPSA) is 379 Å². The highest BCUT2D eigenvalue weighted by Gasteiger charge is 2.58. The molecule has 8 rings (SSSR count). The van der Waals surface area contributed by atoms with Crippen molar-refractivity contribution in [1.82, 2.24) is 0 Å². The summed E-state index contributed by atoms with van der Waals surface area (Å²) in [4.78, 5) is 66.8. The summed E-state index contributed by atoms with van der Waals surface area (Å²) in [5.41, 5.74) is 9.99. The number of azide groups is 1. The van der Waals surface area contributed by atoms with Gasteiger partial charge >= 0.3 is 29.8 Å². The summed E-state index contributed by atoms with van der Waals surface area (Å²) in [6, 6.07) is 7.30. The van der Waals surface area contributed by atoms with Crippen LogP contribution in [0.1, 0.15) is 114 Å². The van der Waals surface area contributed by atoms with Gasteiger partial charge in [-0.05, 0) is 47.3 Å². The standard InChI is InChI=1S/C75H115Cl3N4O29/c1-33-34(2)49(29-93-44(12)83)98-67(37(33)5)107-62-43(11)65(97-47(15)86)73(104-54(62)31-95-46(14)85)109-58-36(4)39(7)69(100-55(58)32-96-66(87)48-24-22-21-23-25-48)106-61-41(9)63(91-19)71(102-51(61)27-89-17)108-57-35(3)38(6)68(99-50(57)26-88-16)105-60-42(10)64(92-20)72(103-52(60)28-90-18)110-59-40(8)56(81-82-80)70(111-74(79)75(76,77)78)101-53(59)30-94-45(13)84/h21-25,33-43,49-65,67-73,79H,26-32H2,1-20H3/t33?,34-,35?,36+,37?,38?,39?,40+,41-,42?,43?,49-,50-,51?,52-,53?,54-,55?,56?,57-,58-,59-,60-,61-,62-,63?,64?,65?,67+,68+,69-,70?,71-,72-,73-/m0/s1. The van der Waals surface area contributed by atoms with Crippen molar-refractivity contribution in [2.75, 3.05) is 81.8 Å². The Labute approximate surface area is 664 Å². The lowest BCUT2D eigenvalue weighted by Crippen LogP contribution is -2.64. The first-order chi connectivity index (χ1) is 52.6. The van der Waals surface area contributed by atoms with Gasteiger partial charge in [-0.1, -0.05) is 134 Å². The number of nitrogens with zero attached hydrogens (tertiary/aromatic N) is 3. The van der Waals surface area contributed by atoms with Gasteiger partial charge in [0.25, 0.3) is 3.79 Å². The van der Waals surface area contributed by atoms with E-state index in [0.717, 1.165) is 0 Å². The highest BCUT2D eigenvalue weighted by molar-refractivity contribution is 6.76. The van der Waals surface area contributed by atoms with Crippen LogP contribution in [0.15, 0.2) is 35.4 Å². The molecule has 7 aliphatic heterocycles. The van der Waals surface area contributed by atoms with Crippen molar-refractivity contribution >= 4 is 70.5 Å². The van der Waals surface area contributed by atoms with Gasteiger partial charge in [0.05, 0.1) is 68.1 Å². The number of rotatable bonds is 32. The summed E-state index contributed by atoms with van der Waals surface area (Å²) in [5, 5.41) is 12.2. The Morgan fingerprint density at radius 1 is 0.387 bits per heavy atom. The summed E-state index contributed by atoms with van der Waals surface area (Å²) in [6.45, 7) is 25.6. The number of esters is 5.